The van der Waals surface area contributed by atoms with Crippen LogP contribution in [0.3, 0.4) is 0 Å². The third-order valence-electron chi connectivity index (χ3n) is 2.49. The van der Waals surface area contributed by atoms with Gasteiger partial charge in [0.2, 0.25) is 0 Å². The van der Waals surface area contributed by atoms with E-state index in [9.17, 15) is 4.79 Å². The highest BCUT2D eigenvalue weighted by Crippen LogP contribution is 2.26. The molecule has 0 saturated carbocycles. The molecule has 2 rings (SSSR count). The van der Waals surface area contributed by atoms with Gasteiger partial charge in [-0.2, -0.15) is 5.26 Å². The van der Waals surface area contributed by atoms with E-state index in [1.807, 2.05) is 12.1 Å². The molecule has 4 heteroatoms. The molecule has 1 aromatic rings. The summed E-state index contributed by atoms with van der Waals surface area (Å²) < 4.78 is 5.05. The van der Waals surface area contributed by atoms with Crippen molar-refractivity contribution in [2.45, 2.75) is 6.42 Å². The summed E-state index contributed by atoms with van der Waals surface area (Å²) in [6.45, 7) is 0.628. The Bertz CT molecular complexity index is 460. The highest BCUT2D eigenvalue weighted by Gasteiger charge is 2.22. The molecule has 1 aliphatic rings. The van der Waals surface area contributed by atoms with Crippen LogP contribution in [0.2, 0.25) is 0 Å². The number of nitrogens with zero attached hydrogens (tertiary/aromatic N) is 1. The monoisotopic (exact) mass is 202 g/mol. The summed E-state index contributed by atoms with van der Waals surface area (Å²) in [6, 6.07) is 5.59. The number of nitriles is 1. The lowest BCUT2D eigenvalue weighted by molar-refractivity contribution is 0.0945. The number of carbonyl (C=O) groups is 1. The molecule has 0 saturated heterocycles. The Hall–Kier alpha value is -2.02. The normalized spacial score (nSPS) is 13.7. The van der Waals surface area contributed by atoms with E-state index >= 15 is 0 Å². The molecule has 0 radical (unpaired) electrons. The molecular formula is C11H10N2O2. The Labute approximate surface area is 87.5 Å². The van der Waals surface area contributed by atoms with Crippen molar-refractivity contribution in [2.24, 2.45) is 0 Å². The summed E-state index contributed by atoms with van der Waals surface area (Å²) >= 11 is 0. The van der Waals surface area contributed by atoms with Crippen molar-refractivity contribution in [1.29, 1.82) is 5.26 Å². The SMILES string of the molecule is COc1ccc2c(c1C#N)C(=O)NCC2. The second kappa shape index (κ2) is 3.62. The molecule has 0 aliphatic carbocycles. The molecule has 15 heavy (non-hydrogen) atoms. The zero-order chi connectivity index (χ0) is 10.8. The molecule has 0 spiro atoms. The van der Waals surface area contributed by atoms with E-state index in [1.54, 1.807) is 6.07 Å². The lowest BCUT2D eigenvalue weighted by atomic mass is 9.95. The summed E-state index contributed by atoms with van der Waals surface area (Å²) in [7, 11) is 1.49. The minimum absolute atomic E-state index is 0.188. The molecular weight excluding hydrogens is 192 g/mol. The molecule has 1 heterocycles. The number of fused-ring (bicyclic) bond motifs is 1. The van der Waals surface area contributed by atoms with Crippen LogP contribution in [0.4, 0.5) is 0 Å². The van der Waals surface area contributed by atoms with Gasteiger partial charge >= 0.3 is 0 Å². The molecule has 1 aliphatic heterocycles. The Kier molecular flexibility index (Phi) is 2.30. The van der Waals surface area contributed by atoms with Crippen molar-refractivity contribution in [3.05, 3.63) is 28.8 Å². The van der Waals surface area contributed by atoms with Gasteiger partial charge in [-0.3, -0.25) is 4.79 Å². The van der Waals surface area contributed by atoms with E-state index in [4.69, 9.17) is 10.00 Å². The standard InChI is InChI=1S/C11H10N2O2/c1-15-9-3-2-7-4-5-13-11(14)10(7)8(9)6-12/h2-3H,4-5H2,1H3,(H,13,14). The van der Waals surface area contributed by atoms with Gasteiger partial charge in [-0.1, -0.05) is 6.07 Å². The van der Waals surface area contributed by atoms with Crippen LogP contribution < -0.4 is 10.1 Å². The molecule has 0 atom stereocenters. The molecule has 4 nitrogen and oxygen atoms in total. The highest BCUT2D eigenvalue weighted by molar-refractivity contribution is 5.99. The van der Waals surface area contributed by atoms with Crippen LogP contribution in [0, 0.1) is 11.3 Å². The maximum atomic E-state index is 11.6. The predicted molar refractivity (Wildman–Crippen MR) is 53.7 cm³/mol. The van der Waals surface area contributed by atoms with Crippen LogP contribution >= 0.6 is 0 Å². The van der Waals surface area contributed by atoms with Crippen LogP contribution in [0.5, 0.6) is 5.75 Å². The Balaban J connectivity index is 2.68. The van der Waals surface area contributed by atoms with Crippen LogP contribution in [0.1, 0.15) is 21.5 Å². The Morgan fingerprint density at radius 1 is 1.53 bits per heavy atom. The van der Waals surface area contributed by atoms with Gasteiger partial charge in [-0.25, -0.2) is 0 Å². The average molecular weight is 202 g/mol. The van der Waals surface area contributed by atoms with Gasteiger partial charge in [0, 0.05) is 6.54 Å². The van der Waals surface area contributed by atoms with E-state index in [0.717, 1.165) is 12.0 Å². The number of ether oxygens (including phenoxy) is 1. The number of benzene rings is 1. The molecule has 1 amide bonds. The number of hydrogen-bond donors (Lipinski definition) is 1. The van der Waals surface area contributed by atoms with E-state index in [2.05, 4.69) is 5.32 Å². The first-order valence-electron chi connectivity index (χ1n) is 4.66. The van der Waals surface area contributed by atoms with Gasteiger partial charge in [-0.15, -0.1) is 0 Å². The fraction of sp³-hybridized carbons (Fsp3) is 0.273. The number of nitrogens with one attached hydrogen (secondary N) is 1. The Morgan fingerprint density at radius 3 is 3.00 bits per heavy atom. The van der Waals surface area contributed by atoms with Crippen LogP contribution in [-0.2, 0) is 6.42 Å². The Morgan fingerprint density at radius 2 is 2.33 bits per heavy atom. The summed E-state index contributed by atoms with van der Waals surface area (Å²) in [5.74, 6) is 0.264. The molecule has 0 aromatic heterocycles. The molecule has 0 bridgehead atoms. The van der Waals surface area contributed by atoms with Gasteiger partial charge < -0.3 is 10.1 Å². The van der Waals surface area contributed by atoms with Gasteiger partial charge in [0.25, 0.3) is 5.91 Å². The highest BCUT2D eigenvalue weighted by atomic mass is 16.5. The van der Waals surface area contributed by atoms with Crippen molar-refractivity contribution in [3.8, 4) is 11.8 Å². The quantitative estimate of drug-likeness (QED) is 0.734. The fourth-order valence-electron chi connectivity index (χ4n) is 1.77. The van der Waals surface area contributed by atoms with Crippen molar-refractivity contribution < 1.29 is 9.53 Å². The summed E-state index contributed by atoms with van der Waals surface area (Å²) in [4.78, 5) is 11.6. The number of hydrogen-bond acceptors (Lipinski definition) is 3. The maximum absolute atomic E-state index is 11.6. The van der Waals surface area contributed by atoms with Crippen LogP contribution in [0.15, 0.2) is 12.1 Å². The van der Waals surface area contributed by atoms with Crippen molar-refractivity contribution in [3.63, 3.8) is 0 Å². The van der Waals surface area contributed by atoms with Crippen molar-refractivity contribution in [2.75, 3.05) is 13.7 Å². The predicted octanol–water partition coefficient (Wildman–Crippen LogP) is 0.853. The van der Waals surface area contributed by atoms with E-state index < -0.39 is 0 Å². The first kappa shape index (κ1) is 9.53. The average Bonchev–Trinajstić information content (AvgIpc) is 2.28. The lowest BCUT2D eigenvalue weighted by Crippen LogP contribution is -2.32. The zero-order valence-electron chi connectivity index (χ0n) is 8.33. The van der Waals surface area contributed by atoms with Gasteiger partial charge in [0.15, 0.2) is 0 Å². The van der Waals surface area contributed by atoms with E-state index in [1.165, 1.54) is 7.11 Å². The molecule has 1 aromatic carbocycles. The minimum Gasteiger partial charge on any atom is -0.495 e. The van der Waals surface area contributed by atoms with Gasteiger partial charge in [-0.05, 0) is 18.1 Å². The summed E-state index contributed by atoms with van der Waals surface area (Å²) in [6.07, 6.45) is 0.764. The largest absolute Gasteiger partial charge is 0.495 e. The van der Waals surface area contributed by atoms with Crippen LogP contribution in [0.25, 0.3) is 0 Å². The fourth-order valence-corrected chi connectivity index (χ4v) is 1.77. The van der Waals surface area contributed by atoms with Gasteiger partial charge in [0.1, 0.15) is 17.4 Å². The lowest BCUT2D eigenvalue weighted by Gasteiger charge is -2.18. The first-order valence-corrected chi connectivity index (χ1v) is 4.66. The summed E-state index contributed by atoms with van der Waals surface area (Å²) in [5, 5.41) is 11.7. The molecule has 1 N–H and O–H groups in total. The van der Waals surface area contributed by atoms with Crippen LogP contribution in [-0.4, -0.2) is 19.6 Å². The zero-order valence-corrected chi connectivity index (χ0v) is 8.33. The van der Waals surface area contributed by atoms with E-state index in [0.29, 0.717) is 23.4 Å². The second-order valence-electron chi connectivity index (χ2n) is 3.29. The third-order valence-corrected chi connectivity index (χ3v) is 2.49. The van der Waals surface area contributed by atoms with Gasteiger partial charge in [0.05, 0.1) is 12.7 Å². The first-order chi connectivity index (χ1) is 7.27. The number of amides is 1. The number of methoxy groups -OCH3 is 1. The number of rotatable bonds is 1. The van der Waals surface area contributed by atoms with E-state index in [-0.39, 0.29) is 5.91 Å². The molecule has 76 valence electrons. The minimum atomic E-state index is -0.188. The topological polar surface area (TPSA) is 62.1 Å². The summed E-state index contributed by atoms with van der Waals surface area (Å²) in [5.41, 5.74) is 1.70. The smallest absolute Gasteiger partial charge is 0.253 e. The second-order valence-corrected chi connectivity index (χ2v) is 3.29. The van der Waals surface area contributed by atoms with Crippen molar-refractivity contribution in [1.82, 2.24) is 5.32 Å². The molecule has 0 fully saturated rings. The molecule has 0 unspecified atom stereocenters. The maximum Gasteiger partial charge on any atom is 0.253 e. The van der Waals surface area contributed by atoms with Crippen molar-refractivity contribution >= 4 is 5.91 Å². The third kappa shape index (κ3) is 1.42. The number of carbonyl (C=O) groups excluding carboxylic acids is 1.